The number of halogens is 2. The highest BCUT2D eigenvalue weighted by atomic mass is 19.1. The number of nitrogens with one attached hydrogen (secondary N) is 4. The normalized spacial score (nSPS) is 43.4. The molecule has 0 bridgehead atoms. The molecule has 0 radical (unpaired) electrons. The Labute approximate surface area is 157 Å². The van der Waals surface area contributed by atoms with Crippen LogP contribution in [0.15, 0.2) is 4.99 Å². The number of nitrogens with zero attached hydrogens (tertiary/aromatic N) is 3. The fourth-order valence-corrected chi connectivity index (χ4v) is 4.52. The Morgan fingerprint density at radius 2 is 2.07 bits per heavy atom. The van der Waals surface area contributed by atoms with Gasteiger partial charge in [0.25, 0.3) is 0 Å². The first kappa shape index (κ1) is 19.1. The highest BCUT2D eigenvalue weighted by Gasteiger charge is 2.48. The highest BCUT2D eigenvalue weighted by Crippen LogP contribution is 2.23. The molecule has 0 saturated carbocycles. The van der Waals surface area contributed by atoms with E-state index in [4.69, 9.17) is 5.73 Å². The molecule has 1 amide bonds. The molecule has 0 aromatic rings. The second kappa shape index (κ2) is 8.02. The van der Waals surface area contributed by atoms with Crippen LogP contribution in [0.5, 0.6) is 0 Å². The molecule has 4 aliphatic heterocycles. The molecule has 6 N–H and O–H groups in total. The monoisotopic (exact) mass is 386 g/mol. The van der Waals surface area contributed by atoms with Crippen molar-refractivity contribution in [2.24, 2.45) is 16.6 Å². The summed E-state index contributed by atoms with van der Waals surface area (Å²) in [6, 6.07) is -0.862. The van der Waals surface area contributed by atoms with Crippen molar-refractivity contribution in [1.82, 2.24) is 31.3 Å². The van der Waals surface area contributed by atoms with Crippen molar-refractivity contribution in [1.29, 1.82) is 0 Å². The molecule has 3 saturated heterocycles. The average Bonchev–Trinajstić information content (AvgIpc) is 2.97. The van der Waals surface area contributed by atoms with Crippen LogP contribution in [0.2, 0.25) is 0 Å². The van der Waals surface area contributed by atoms with E-state index in [-0.39, 0.29) is 25.2 Å². The zero-order valence-corrected chi connectivity index (χ0v) is 15.2. The maximum atomic E-state index is 14.6. The van der Waals surface area contributed by atoms with E-state index in [1.54, 1.807) is 5.01 Å². The van der Waals surface area contributed by atoms with E-state index in [1.165, 1.54) is 6.21 Å². The van der Waals surface area contributed by atoms with Crippen LogP contribution in [0.1, 0.15) is 0 Å². The molecule has 0 spiro atoms. The minimum atomic E-state index is -1.23. The summed E-state index contributed by atoms with van der Waals surface area (Å²) < 4.78 is 28.2. The molecule has 0 aliphatic carbocycles. The summed E-state index contributed by atoms with van der Waals surface area (Å²) in [5.41, 5.74) is 9.06. The number of piperazine rings is 1. The predicted octanol–water partition coefficient (Wildman–Crippen LogP) is -2.84. The van der Waals surface area contributed by atoms with Gasteiger partial charge in [-0.05, 0) is 0 Å². The number of hydrazine groups is 1. The topological polar surface area (TPSA) is 110 Å². The van der Waals surface area contributed by atoms with Crippen LogP contribution in [0.3, 0.4) is 0 Å². The number of hydrogen-bond donors (Lipinski definition) is 5. The lowest BCUT2D eigenvalue weighted by molar-refractivity contribution is -0.128. The van der Waals surface area contributed by atoms with E-state index in [9.17, 15) is 13.6 Å². The number of aliphatic imine (C=N–C) groups is 1. The Morgan fingerprint density at radius 3 is 2.85 bits per heavy atom. The lowest BCUT2D eigenvalue weighted by atomic mass is 9.96. The number of nitrogens with two attached hydrogens (primary N) is 1. The van der Waals surface area contributed by atoms with Gasteiger partial charge in [-0.15, -0.1) is 0 Å². The SMILES string of the molecule is NC1NN2CC(F)CNC2C1C(=O)NC1CN=CC(F)C1N1CCNCC1. The first-order valence-corrected chi connectivity index (χ1v) is 9.59. The standard InChI is InChI=1S/C16H28F2N8O/c17-9-5-22-15-12(14(19)24-26(15)8-9)16(27)23-11-7-21-6-10(18)13(11)25-3-1-20-2-4-25/h6,9-15,20,22,24H,1-5,7-8,19H2,(H,23,27). The van der Waals surface area contributed by atoms with Crippen LogP contribution >= 0.6 is 0 Å². The van der Waals surface area contributed by atoms with Crippen molar-refractivity contribution in [3.63, 3.8) is 0 Å². The van der Waals surface area contributed by atoms with Gasteiger partial charge in [-0.1, -0.05) is 0 Å². The summed E-state index contributed by atoms with van der Waals surface area (Å²) >= 11 is 0. The summed E-state index contributed by atoms with van der Waals surface area (Å²) in [4.78, 5) is 19.2. The minimum Gasteiger partial charge on any atom is -0.349 e. The van der Waals surface area contributed by atoms with Crippen LogP contribution in [-0.2, 0) is 4.79 Å². The second-order valence-corrected chi connectivity index (χ2v) is 7.63. The molecule has 4 aliphatic rings. The van der Waals surface area contributed by atoms with E-state index >= 15 is 0 Å². The largest absolute Gasteiger partial charge is 0.349 e. The third-order valence-corrected chi connectivity index (χ3v) is 5.81. The molecule has 4 heterocycles. The number of alkyl halides is 2. The molecule has 9 nitrogen and oxygen atoms in total. The van der Waals surface area contributed by atoms with Gasteiger partial charge < -0.3 is 16.4 Å². The van der Waals surface area contributed by atoms with Crippen molar-refractivity contribution in [3.05, 3.63) is 0 Å². The quantitative estimate of drug-likeness (QED) is 0.355. The molecule has 7 atom stereocenters. The first-order valence-electron chi connectivity index (χ1n) is 9.59. The maximum Gasteiger partial charge on any atom is 0.229 e. The third kappa shape index (κ3) is 3.84. The molecule has 4 rings (SSSR count). The summed E-state index contributed by atoms with van der Waals surface area (Å²) in [5, 5.41) is 10.9. The molecule has 152 valence electrons. The maximum absolute atomic E-state index is 14.6. The number of carbonyl (C=O) groups excluding carboxylic acids is 1. The van der Waals surface area contributed by atoms with Crippen LogP contribution in [0.4, 0.5) is 8.78 Å². The summed E-state index contributed by atoms with van der Waals surface area (Å²) in [6.07, 6.45) is -1.91. The van der Waals surface area contributed by atoms with Crippen molar-refractivity contribution in [2.75, 3.05) is 45.8 Å². The summed E-state index contributed by atoms with van der Waals surface area (Å²) in [5.74, 6) is -0.855. The van der Waals surface area contributed by atoms with Gasteiger partial charge in [0.2, 0.25) is 5.91 Å². The average molecular weight is 386 g/mol. The Balaban J connectivity index is 1.45. The van der Waals surface area contributed by atoms with E-state index in [2.05, 4.69) is 31.3 Å². The van der Waals surface area contributed by atoms with Crippen LogP contribution in [-0.4, -0.2) is 105 Å². The number of carbonyl (C=O) groups is 1. The predicted molar refractivity (Wildman–Crippen MR) is 96.4 cm³/mol. The van der Waals surface area contributed by atoms with Gasteiger partial charge in [0.1, 0.15) is 6.17 Å². The third-order valence-electron chi connectivity index (χ3n) is 5.81. The van der Waals surface area contributed by atoms with Crippen LogP contribution < -0.4 is 27.1 Å². The smallest absolute Gasteiger partial charge is 0.229 e. The summed E-state index contributed by atoms with van der Waals surface area (Å²) in [6.45, 7) is 3.75. The van der Waals surface area contributed by atoms with Crippen LogP contribution in [0, 0.1) is 5.92 Å². The van der Waals surface area contributed by atoms with Crippen molar-refractivity contribution >= 4 is 12.1 Å². The molecule has 27 heavy (non-hydrogen) atoms. The van der Waals surface area contributed by atoms with Gasteiger partial charge in [-0.3, -0.25) is 20.0 Å². The molecular formula is C16H28F2N8O. The Kier molecular flexibility index (Phi) is 5.67. The van der Waals surface area contributed by atoms with Gasteiger partial charge in [-0.25, -0.2) is 19.2 Å². The van der Waals surface area contributed by atoms with Crippen molar-refractivity contribution in [3.8, 4) is 0 Å². The highest BCUT2D eigenvalue weighted by molar-refractivity contribution is 5.81. The molecule has 0 aromatic carbocycles. The fourth-order valence-electron chi connectivity index (χ4n) is 4.52. The van der Waals surface area contributed by atoms with Gasteiger partial charge in [0.15, 0.2) is 6.17 Å². The van der Waals surface area contributed by atoms with Crippen molar-refractivity contribution < 1.29 is 13.6 Å². The lowest BCUT2D eigenvalue weighted by Gasteiger charge is -2.42. The van der Waals surface area contributed by atoms with Gasteiger partial charge in [0, 0.05) is 45.5 Å². The summed E-state index contributed by atoms with van der Waals surface area (Å²) in [7, 11) is 0. The zero-order chi connectivity index (χ0) is 19.0. The zero-order valence-electron chi connectivity index (χ0n) is 15.2. The lowest BCUT2D eigenvalue weighted by Crippen LogP contribution is -2.64. The number of fused-ring (bicyclic) bond motifs is 1. The Bertz CT molecular complexity index is 575. The Hall–Kier alpha value is -1.24. The number of amides is 1. The molecule has 0 aromatic heterocycles. The van der Waals surface area contributed by atoms with Gasteiger partial charge in [-0.2, -0.15) is 0 Å². The van der Waals surface area contributed by atoms with Gasteiger partial charge >= 0.3 is 0 Å². The first-order chi connectivity index (χ1) is 13.0. The van der Waals surface area contributed by atoms with Crippen LogP contribution in [0.25, 0.3) is 0 Å². The second-order valence-electron chi connectivity index (χ2n) is 7.63. The molecule has 7 unspecified atom stereocenters. The fraction of sp³-hybridized carbons (Fsp3) is 0.875. The number of hydrogen-bond acceptors (Lipinski definition) is 8. The minimum absolute atomic E-state index is 0.179. The Morgan fingerprint density at radius 1 is 1.30 bits per heavy atom. The molecule has 3 fully saturated rings. The van der Waals surface area contributed by atoms with Gasteiger partial charge in [0.05, 0.1) is 36.9 Å². The van der Waals surface area contributed by atoms with E-state index in [0.29, 0.717) is 6.54 Å². The number of rotatable bonds is 3. The van der Waals surface area contributed by atoms with E-state index in [0.717, 1.165) is 26.2 Å². The van der Waals surface area contributed by atoms with Crippen molar-refractivity contribution in [2.45, 2.75) is 36.8 Å². The molecule has 11 heteroatoms. The van der Waals surface area contributed by atoms with E-state index < -0.39 is 36.5 Å². The molecular weight excluding hydrogens is 358 g/mol. The van der Waals surface area contributed by atoms with E-state index in [1.807, 2.05) is 0 Å².